The Morgan fingerprint density at radius 1 is 1.16 bits per heavy atom. The van der Waals surface area contributed by atoms with E-state index in [1.54, 1.807) is 43.3 Å². The third-order valence-corrected chi connectivity index (χ3v) is 3.75. The quantitative estimate of drug-likeness (QED) is 0.571. The first kappa shape index (κ1) is 18.7. The average molecular weight is 404 g/mol. The number of hydrogen-bond donors (Lipinski definition) is 2. The second-order valence-electron chi connectivity index (χ2n) is 5.25. The highest BCUT2D eigenvalue weighted by Gasteiger charge is 2.08. The van der Waals surface area contributed by atoms with Crippen LogP contribution in [0.4, 0.5) is 5.69 Å². The maximum Gasteiger partial charge on any atom is 0.271 e. The van der Waals surface area contributed by atoms with Gasteiger partial charge in [-0.15, -0.1) is 0 Å². The van der Waals surface area contributed by atoms with Crippen molar-refractivity contribution >= 4 is 39.1 Å². The number of hydrogen-bond acceptors (Lipinski definition) is 4. The number of anilines is 1. The number of carbonyl (C=O) groups excluding carboxylic acids is 2. The van der Waals surface area contributed by atoms with Crippen molar-refractivity contribution in [3.05, 3.63) is 58.6 Å². The minimum atomic E-state index is -0.369. The number of amides is 2. The van der Waals surface area contributed by atoms with Gasteiger partial charge in [0, 0.05) is 21.4 Å². The SMILES string of the molecule is COc1cccc(C(=O)N/N=C(\C)CC(=O)Nc2ccc(Br)cc2)c1. The second kappa shape index (κ2) is 8.98. The van der Waals surface area contributed by atoms with Crippen molar-refractivity contribution in [2.24, 2.45) is 5.10 Å². The van der Waals surface area contributed by atoms with Gasteiger partial charge in [0.05, 0.1) is 13.5 Å². The van der Waals surface area contributed by atoms with Gasteiger partial charge < -0.3 is 10.1 Å². The van der Waals surface area contributed by atoms with Crippen LogP contribution < -0.4 is 15.5 Å². The Labute approximate surface area is 154 Å². The Morgan fingerprint density at radius 2 is 1.88 bits per heavy atom. The van der Waals surface area contributed by atoms with Crippen molar-refractivity contribution in [1.82, 2.24) is 5.43 Å². The zero-order chi connectivity index (χ0) is 18.2. The Bertz CT molecular complexity index is 788. The van der Waals surface area contributed by atoms with E-state index in [0.29, 0.717) is 22.7 Å². The summed E-state index contributed by atoms with van der Waals surface area (Å²) in [5.41, 5.74) is 4.05. The number of benzene rings is 2. The summed E-state index contributed by atoms with van der Waals surface area (Å²) in [6.45, 7) is 1.67. The van der Waals surface area contributed by atoms with Crippen molar-refractivity contribution in [1.29, 1.82) is 0 Å². The van der Waals surface area contributed by atoms with E-state index < -0.39 is 0 Å². The van der Waals surface area contributed by atoms with E-state index in [2.05, 4.69) is 31.8 Å². The minimum absolute atomic E-state index is 0.0778. The summed E-state index contributed by atoms with van der Waals surface area (Å²) < 4.78 is 6.01. The number of hydrazone groups is 1. The van der Waals surface area contributed by atoms with Crippen LogP contribution in [-0.4, -0.2) is 24.6 Å². The molecule has 25 heavy (non-hydrogen) atoms. The highest BCUT2D eigenvalue weighted by Crippen LogP contribution is 2.14. The molecule has 130 valence electrons. The Hall–Kier alpha value is -2.67. The van der Waals surface area contributed by atoms with Gasteiger partial charge in [-0.25, -0.2) is 5.43 Å². The van der Waals surface area contributed by atoms with Crippen LogP contribution in [0.25, 0.3) is 0 Å². The predicted molar refractivity (Wildman–Crippen MR) is 101 cm³/mol. The summed E-state index contributed by atoms with van der Waals surface area (Å²) >= 11 is 3.33. The van der Waals surface area contributed by atoms with E-state index >= 15 is 0 Å². The number of halogens is 1. The van der Waals surface area contributed by atoms with E-state index in [1.807, 2.05) is 12.1 Å². The maximum atomic E-state index is 12.0. The molecule has 2 amide bonds. The summed E-state index contributed by atoms with van der Waals surface area (Å²) in [6, 6.07) is 14.0. The first-order valence-corrected chi connectivity index (χ1v) is 8.30. The fourth-order valence-corrected chi connectivity index (χ4v) is 2.25. The largest absolute Gasteiger partial charge is 0.497 e. The van der Waals surface area contributed by atoms with E-state index in [9.17, 15) is 9.59 Å². The third kappa shape index (κ3) is 6.04. The van der Waals surface area contributed by atoms with Crippen molar-refractivity contribution in [2.75, 3.05) is 12.4 Å². The van der Waals surface area contributed by atoms with Gasteiger partial charge in [0.15, 0.2) is 0 Å². The van der Waals surface area contributed by atoms with Gasteiger partial charge in [-0.05, 0) is 49.4 Å². The van der Waals surface area contributed by atoms with E-state index in [0.717, 1.165) is 4.47 Å². The molecule has 0 aliphatic heterocycles. The molecule has 0 bridgehead atoms. The first-order valence-electron chi connectivity index (χ1n) is 7.51. The lowest BCUT2D eigenvalue weighted by Crippen LogP contribution is -2.21. The highest BCUT2D eigenvalue weighted by atomic mass is 79.9. The highest BCUT2D eigenvalue weighted by molar-refractivity contribution is 9.10. The average Bonchev–Trinajstić information content (AvgIpc) is 2.61. The number of methoxy groups -OCH3 is 1. The molecule has 0 saturated heterocycles. The third-order valence-electron chi connectivity index (χ3n) is 3.22. The molecule has 0 heterocycles. The van der Waals surface area contributed by atoms with Crippen LogP contribution in [0.3, 0.4) is 0 Å². The van der Waals surface area contributed by atoms with Crippen LogP contribution in [0.1, 0.15) is 23.7 Å². The van der Waals surface area contributed by atoms with Gasteiger partial charge >= 0.3 is 0 Å². The predicted octanol–water partition coefficient (Wildman–Crippen LogP) is 3.59. The van der Waals surface area contributed by atoms with Crippen LogP contribution >= 0.6 is 15.9 Å². The van der Waals surface area contributed by atoms with E-state index in [1.165, 1.54) is 7.11 Å². The number of carbonyl (C=O) groups is 2. The van der Waals surface area contributed by atoms with Crippen molar-refractivity contribution in [3.8, 4) is 5.75 Å². The fourth-order valence-electron chi connectivity index (χ4n) is 1.99. The molecule has 0 aromatic heterocycles. The van der Waals surface area contributed by atoms with Crippen molar-refractivity contribution < 1.29 is 14.3 Å². The Morgan fingerprint density at radius 3 is 2.56 bits per heavy atom. The molecular weight excluding hydrogens is 386 g/mol. The summed E-state index contributed by atoms with van der Waals surface area (Å²) in [5.74, 6) is 0.00740. The molecule has 0 aliphatic rings. The topological polar surface area (TPSA) is 79.8 Å². The summed E-state index contributed by atoms with van der Waals surface area (Å²) in [5, 5.41) is 6.72. The first-order chi connectivity index (χ1) is 12.0. The van der Waals surface area contributed by atoms with Crippen molar-refractivity contribution in [3.63, 3.8) is 0 Å². The molecule has 0 unspecified atom stereocenters. The summed E-state index contributed by atoms with van der Waals surface area (Å²) in [4.78, 5) is 24.0. The molecule has 2 rings (SSSR count). The van der Waals surface area contributed by atoms with Crippen LogP contribution in [0.2, 0.25) is 0 Å². The van der Waals surface area contributed by atoms with Crippen LogP contribution in [0.5, 0.6) is 5.75 Å². The molecule has 0 spiro atoms. The molecule has 0 aliphatic carbocycles. The number of rotatable bonds is 6. The lowest BCUT2D eigenvalue weighted by Gasteiger charge is -2.06. The maximum absolute atomic E-state index is 12.0. The number of nitrogens with one attached hydrogen (secondary N) is 2. The minimum Gasteiger partial charge on any atom is -0.497 e. The molecular formula is C18H18BrN3O3. The Kier molecular flexibility index (Phi) is 6.71. The van der Waals surface area contributed by atoms with Gasteiger partial charge in [-0.1, -0.05) is 22.0 Å². The normalized spacial score (nSPS) is 10.9. The lowest BCUT2D eigenvalue weighted by molar-refractivity contribution is -0.115. The lowest BCUT2D eigenvalue weighted by atomic mass is 10.2. The zero-order valence-corrected chi connectivity index (χ0v) is 15.5. The number of nitrogens with zero attached hydrogens (tertiary/aromatic N) is 1. The summed E-state index contributed by atoms with van der Waals surface area (Å²) in [6.07, 6.45) is 0.0778. The van der Waals surface area contributed by atoms with E-state index in [-0.39, 0.29) is 18.2 Å². The second-order valence-corrected chi connectivity index (χ2v) is 6.17. The summed E-state index contributed by atoms with van der Waals surface area (Å²) in [7, 11) is 1.53. The van der Waals surface area contributed by atoms with Crippen LogP contribution in [-0.2, 0) is 4.79 Å². The zero-order valence-electron chi connectivity index (χ0n) is 13.9. The van der Waals surface area contributed by atoms with Crippen molar-refractivity contribution in [2.45, 2.75) is 13.3 Å². The van der Waals surface area contributed by atoms with Crippen LogP contribution in [0, 0.1) is 0 Å². The molecule has 6 nitrogen and oxygen atoms in total. The molecule has 0 radical (unpaired) electrons. The molecule has 2 aromatic carbocycles. The van der Waals surface area contributed by atoms with Gasteiger partial charge in [-0.2, -0.15) is 5.10 Å². The van der Waals surface area contributed by atoms with E-state index in [4.69, 9.17) is 4.74 Å². The van der Waals surface area contributed by atoms with Gasteiger partial charge in [0.25, 0.3) is 5.91 Å². The molecule has 2 N–H and O–H groups in total. The molecule has 0 fully saturated rings. The Balaban J connectivity index is 1.88. The number of ether oxygens (including phenoxy) is 1. The van der Waals surface area contributed by atoms with Gasteiger partial charge in [0.2, 0.25) is 5.91 Å². The molecule has 0 atom stereocenters. The fraction of sp³-hybridized carbons (Fsp3) is 0.167. The molecule has 7 heteroatoms. The van der Waals surface area contributed by atoms with Crippen LogP contribution in [0.15, 0.2) is 58.1 Å². The van der Waals surface area contributed by atoms with Gasteiger partial charge in [0.1, 0.15) is 5.75 Å². The molecule has 0 saturated carbocycles. The monoisotopic (exact) mass is 403 g/mol. The molecule has 2 aromatic rings. The van der Waals surface area contributed by atoms with Gasteiger partial charge in [-0.3, -0.25) is 9.59 Å². The standard InChI is InChI=1S/C18H18BrN3O3/c1-12(10-17(23)20-15-8-6-14(19)7-9-15)21-22-18(24)13-4-3-5-16(11-13)25-2/h3-9,11H,10H2,1-2H3,(H,20,23)(H,22,24)/b21-12+. The smallest absolute Gasteiger partial charge is 0.271 e.